The molecule has 9 nitrogen and oxygen atoms in total. The number of rotatable bonds is 3. The minimum Gasteiger partial charge on any atom is -0.486 e. The Morgan fingerprint density at radius 1 is 0.862 bits per heavy atom. The molecular weight excluding hydrogens is 378 g/mol. The summed E-state index contributed by atoms with van der Waals surface area (Å²) in [5, 5.41) is 11.5. The van der Waals surface area contributed by atoms with Crippen molar-refractivity contribution in [1.82, 2.24) is 9.80 Å². The molecule has 2 aliphatic heterocycles. The summed E-state index contributed by atoms with van der Waals surface area (Å²) in [5.74, 6) is 0.0318. The smallest absolute Gasteiger partial charge is 0.286 e. The van der Waals surface area contributed by atoms with Crippen LogP contribution in [0.15, 0.2) is 42.5 Å². The lowest BCUT2D eigenvalue weighted by molar-refractivity contribution is -0.385. The first kappa shape index (κ1) is 18.7. The number of benzene rings is 2. The molecule has 150 valence electrons. The van der Waals surface area contributed by atoms with Crippen molar-refractivity contribution in [2.75, 3.05) is 39.4 Å². The fourth-order valence-corrected chi connectivity index (χ4v) is 3.45. The third kappa shape index (κ3) is 3.71. The van der Waals surface area contributed by atoms with Crippen LogP contribution in [0.2, 0.25) is 0 Å². The maximum Gasteiger partial charge on any atom is 0.286 e. The molecule has 9 heteroatoms. The predicted octanol–water partition coefficient (Wildman–Crippen LogP) is 1.96. The largest absolute Gasteiger partial charge is 0.486 e. The van der Waals surface area contributed by atoms with Crippen LogP contribution in [-0.2, 0) is 0 Å². The molecule has 2 aliphatic rings. The van der Waals surface area contributed by atoms with Crippen LogP contribution in [0.3, 0.4) is 0 Å². The van der Waals surface area contributed by atoms with Crippen LogP contribution >= 0.6 is 0 Å². The van der Waals surface area contributed by atoms with E-state index >= 15 is 0 Å². The molecule has 0 bridgehead atoms. The quantitative estimate of drug-likeness (QED) is 0.580. The number of fused-ring (bicyclic) bond motifs is 1. The SMILES string of the molecule is O=C(c1ccccc1)N1CCN(C(=O)c2cc3c(cc2[N+](=O)[O-])OCCO3)CC1. The van der Waals surface area contributed by atoms with Crippen LogP contribution in [0.1, 0.15) is 20.7 Å². The van der Waals surface area contributed by atoms with Gasteiger partial charge in [0.15, 0.2) is 11.5 Å². The Bertz CT molecular complexity index is 954. The van der Waals surface area contributed by atoms with E-state index in [0.29, 0.717) is 50.7 Å². The molecule has 0 aliphatic carbocycles. The van der Waals surface area contributed by atoms with E-state index in [1.165, 1.54) is 17.0 Å². The molecule has 0 unspecified atom stereocenters. The fraction of sp³-hybridized carbons (Fsp3) is 0.300. The molecule has 0 N–H and O–H groups in total. The lowest BCUT2D eigenvalue weighted by Gasteiger charge is -2.35. The number of piperazine rings is 1. The van der Waals surface area contributed by atoms with E-state index < -0.39 is 10.8 Å². The Kier molecular flexibility index (Phi) is 5.03. The summed E-state index contributed by atoms with van der Waals surface area (Å²) in [5.41, 5.74) is 0.235. The Morgan fingerprint density at radius 3 is 2.00 bits per heavy atom. The van der Waals surface area contributed by atoms with Gasteiger partial charge in [-0.1, -0.05) is 18.2 Å². The van der Waals surface area contributed by atoms with E-state index in [4.69, 9.17) is 9.47 Å². The normalized spacial score (nSPS) is 15.7. The van der Waals surface area contributed by atoms with E-state index in [-0.39, 0.29) is 22.9 Å². The van der Waals surface area contributed by atoms with Crippen molar-refractivity contribution in [1.29, 1.82) is 0 Å². The van der Waals surface area contributed by atoms with Gasteiger partial charge in [-0.2, -0.15) is 0 Å². The second-order valence-corrected chi connectivity index (χ2v) is 6.72. The van der Waals surface area contributed by atoms with Crippen LogP contribution in [0, 0.1) is 10.1 Å². The molecule has 0 saturated carbocycles. The molecule has 2 aromatic carbocycles. The average Bonchev–Trinajstić information content (AvgIpc) is 2.78. The number of carbonyl (C=O) groups is 2. The zero-order chi connectivity index (χ0) is 20.4. The summed E-state index contributed by atoms with van der Waals surface area (Å²) < 4.78 is 10.8. The van der Waals surface area contributed by atoms with Crippen LogP contribution in [-0.4, -0.2) is 65.9 Å². The van der Waals surface area contributed by atoms with Crippen molar-refractivity contribution in [3.63, 3.8) is 0 Å². The third-order valence-corrected chi connectivity index (χ3v) is 4.96. The summed E-state index contributed by atoms with van der Waals surface area (Å²) in [7, 11) is 0. The zero-order valence-corrected chi connectivity index (χ0v) is 15.6. The van der Waals surface area contributed by atoms with Crippen molar-refractivity contribution >= 4 is 17.5 Å². The molecule has 4 rings (SSSR count). The monoisotopic (exact) mass is 397 g/mol. The molecule has 2 heterocycles. The summed E-state index contributed by atoms with van der Waals surface area (Å²) in [6.07, 6.45) is 0. The topological polar surface area (TPSA) is 102 Å². The Morgan fingerprint density at radius 2 is 1.41 bits per heavy atom. The van der Waals surface area contributed by atoms with E-state index in [2.05, 4.69) is 0 Å². The molecule has 0 spiro atoms. The number of amides is 2. The van der Waals surface area contributed by atoms with E-state index in [0.717, 1.165) is 0 Å². The van der Waals surface area contributed by atoms with Gasteiger partial charge in [0, 0.05) is 37.8 Å². The van der Waals surface area contributed by atoms with Gasteiger partial charge >= 0.3 is 0 Å². The lowest BCUT2D eigenvalue weighted by atomic mass is 10.1. The number of hydrogen-bond acceptors (Lipinski definition) is 6. The van der Waals surface area contributed by atoms with Crippen molar-refractivity contribution in [3.8, 4) is 11.5 Å². The Labute approximate surface area is 166 Å². The average molecular weight is 397 g/mol. The lowest BCUT2D eigenvalue weighted by Crippen LogP contribution is -2.50. The highest BCUT2D eigenvalue weighted by Gasteiger charge is 2.31. The van der Waals surface area contributed by atoms with Gasteiger partial charge < -0.3 is 19.3 Å². The predicted molar refractivity (Wildman–Crippen MR) is 102 cm³/mol. The Balaban J connectivity index is 1.50. The summed E-state index contributed by atoms with van der Waals surface area (Å²) in [6.45, 7) is 1.93. The molecule has 1 fully saturated rings. The zero-order valence-electron chi connectivity index (χ0n) is 15.6. The number of nitrogens with zero attached hydrogens (tertiary/aromatic N) is 3. The number of carbonyl (C=O) groups excluding carboxylic acids is 2. The van der Waals surface area contributed by atoms with Gasteiger partial charge in [0.1, 0.15) is 18.8 Å². The van der Waals surface area contributed by atoms with Crippen LogP contribution in [0.4, 0.5) is 5.69 Å². The second-order valence-electron chi connectivity index (χ2n) is 6.72. The van der Waals surface area contributed by atoms with E-state index in [1.54, 1.807) is 29.2 Å². The van der Waals surface area contributed by atoms with Gasteiger partial charge in [-0.15, -0.1) is 0 Å². The van der Waals surface area contributed by atoms with Gasteiger partial charge in [0.05, 0.1) is 11.0 Å². The molecule has 2 amide bonds. The van der Waals surface area contributed by atoms with Crippen LogP contribution < -0.4 is 9.47 Å². The highest BCUT2D eigenvalue weighted by molar-refractivity contribution is 5.99. The standard InChI is InChI=1S/C20H19N3O6/c24-19(14-4-2-1-3-5-14)21-6-8-22(9-7-21)20(25)15-12-17-18(29-11-10-28-17)13-16(15)23(26)27/h1-5,12-13H,6-11H2. The molecular formula is C20H19N3O6. The molecule has 0 aromatic heterocycles. The maximum absolute atomic E-state index is 13.0. The molecule has 29 heavy (non-hydrogen) atoms. The van der Waals surface area contributed by atoms with Crippen LogP contribution in [0.5, 0.6) is 11.5 Å². The maximum atomic E-state index is 13.0. The van der Waals surface area contributed by atoms with Crippen molar-refractivity contribution in [3.05, 3.63) is 63.7 Å². The first-order valence-electron chi connectivity index (χ1n) is 9.26. The van der Waals surface area contributed by atoms with Gasteiger partial charge in [0.2, 0.25) is 0 Å². The first-order chi connectivity index (χ1) is 14.0. The fourth-order valence-electron chi connectivity index (χ4n) is 3.45. The molecule has 2 aromatic rings. The number of ether oxygens (including phenoxy) is 2. The molecule has 0 atom stereocenters. The second kappa shape index (κ2) is 7.78. The van der Waals surface area contributed by atoms with Crippen LogP contribution in [0.25, 0.3) is 0 Å². The van der Waals surface area contributed by atoms with Gasteiger partial charge in [-0.3, -0.25) is 19.7 Å². The highest BCUT2D eigenvalue weighted by Crippen LogP contribution is 2.37. The molecule has 0 radical (unpaired) electrons. The highest BCUT2D eigenvalue weighted by atomic mass is 16.6. The number of nitro groups is 1. The first-order valence-corrected chi connectivity index (χ1v) is 9.26. The van der Waals surface area contributed by atoms with Crippen molar-refractivity contribution in [2.45, 2.75) is 0 Å². The minimum atomic E-state index is -0.597. The summed E-state index contributed by atoms with van der Waals surface area (Å²) in [6, 6.07) is 11.5. The summed E-state index contributed by atoms with van der Waals surface area (Å²) in [4.78, 5) is 39.6. The van der Waals surface area contributed by atoms with Crippen molar-refractivity contribution < 1.29 is 24.0 Å². The molecule has 1 saturated heterocycles. The van der Waals surface area contributed by atoms with Gasteiger partial charge in [0.25, 0.3) is 17.5 Å². The van der Waals surface area contributed by atoms with Crippen molar-refractivity contribution in [2.24, 2.45) is 0 Å². The van der Waals surface area contributed by atoms with Gasteiger partial charge in [-0.05, 0) is 12.1 Å². The van der Waals surface area contributed by atoms with Gasteiger partial charge in [-0.25, -0.2) is 0 Å². The Hall–Kier alpha value is -3.62. The third-order valence-electron chi connectivity index (χ3n) is 4.96. The number of nitro benzene ring substituents is 1. The summed E-state index contributed by atoms with van der Waals surface area (Å²) >= 11 is 0. The van der Waals surface area contributed by atoms with E-state index in [1.807, 2.05) is 6.07 Å². The van der Waals surface area contributed by atoms with E-state index in [9.17, 15) is 19.7 Å². The number of hydrogen-bond donors (Lipinski definition) is 0. The minimum absolute atomic E-state index is 0.0397.